The van der Waals surface area contributed by atoms with Crippen LogP contribution in [0, 0.1) is 0 Å². The van der Waals surface area contributed by atoms with Crippen molar-refractivity contribution in [3.63, 3.8) is 0 Å². The van der Waals surface area contributed by atoms with Gasteiger partial charge in [0.2, 0.25) is 0 Å². The minimum absolute atomic E-state index is 0.193. The highest BCUT2D eigenvalue weighted by molar-refractivity contribution is 9.10. The second-order valence-electron chi connectivity index (χ2n) is 5.35. The Kier molecular flexibility index (Phi) is 4.33. The molecule has 0 bridgehead atoms. The molecule has 2 atom stereocenters. The number of imidazole rings is 1. The summed E-state index contributed by atoms with van der Waals surface area (Å²) >= 11 is 3.39. The molecule has 0 amide bonds. The molecule has 3 heterocycles. The van der Waals surface area contributed by atoms with Gasteiger partial charge >= 0.3 is 0 Å². The molecule has 0 aliphatic carbocycles. The minimum Gasteiger partial charge on any atom is -0.392 e. The molecular formula is C14H19BrN4O. The number of aryl methyl sites for hydroxylation is 1. The molecule has 1 unspecified atom stereocenters. The van der Waals surface area contributed by atoms with Crippen molar-refractivity contribution in [3.8, 4) is 0 Å². The van der Waals surface area contributed by atoms with Crippen LogP contribution in [-0.2, 0) is 6.54 Å². The van der Waals surface area contributed by atoms with Crippen molar-refractivity contribution in [2.45, 2.75) is 44.4 Å². The van der Waals surface area contributed by atoms with Gasteiger partial charge in [0.25, 0.3) is 0 Å². The number of piperidine rings is 1. The summed E-state index contributed by atoms with van der Waals surface area (Å²) in [5, 5.41) is 13.3. The molecule has 1 saturated heterocycles. The van der Waals surface area contributed by atoms with Gasteiger partial charge in [-0.05, 0) is 54.2 Å². The van der Waals surface area contributed by atoms with Crippen LogP contribution < -0.4 is 5.32 Å². The van der Waals surface area contributed by atoms with E-state index in [1.54, 1.807) is 6.20 Å². The van der Waals surface area contributed by atoms with Crippen molar-refractivity contribution in [2.24, 2.45) is 0 Å². The average molecular weight is 339 g/mol. The maximum atomic E-state index is 9.94. The molecule has 0 spiro atoms. The average Bonchev–Trinajstić information content (AvgIpc) is 2.83. The molecule has 5 nitrogen and oxygen atoms in total. The lowest BCUT2D eigenvalue weighted by molar-refractivity contribution is 0.0909. The Morgan fingerprint density at radius 3 is 3.20 bits per heavy atom. The molecule has 1 fully saturated rings. The van der Waals surface area contributed by atoms with E-state index in [0.29, 0.717) is 0 Å². The second kappa shape index (κ2) is 6.20. The first-order valence-corrected chi connectivity index (χ1v) is 7.91. The molecule has 2 aromatic heterocycles. The monoisotopic (exact) mass is 338 g/mol. The Labute approximate surface area is 126 Å². The Morgan fingerprint density at radius 1 is 1.45 bits per heavy atom. The second-order valence-corrected chi connectivity index (χ2v) is 6.16. The third kappa shape index (κ3) is 3.02. The van der Waals surface area contributed by atoms with Gasteiger partial charge in [-0.2, -0.15) is 0 Å². The Balaban J connectivity index is 1.61. The number of halogens is 1. The predicted molar refractivity (Wildman–Crippen MR) is 81.5 cm³/mol. The zero-order valence-electron chi connectivity index (χ0n) is 11.3. The first-order chi connectivity index (χ1) is 9.74. The van der Waals surface area contributed by atoms with Gasteiger partial charge in [-0.15, -0.1) is 0 Å². The fourth-order valence-electron chi connectivity index (χ4n) is 2.83. The largest absolute Gasteiger partial charge is 0.392 e. The summed E-state index contributed by atoms with van der Waals surface area (Å²) in [4.78, 5) is 8.54. The van der Waals surface area contributed by atoms with Crippen LogP contribution >= 0.6 is 15.9 Å². The van der Waals surface area contributed by atoms with Gasteiger partial charge in [-0.1, -0.05) is 0 Å². The summed E-state index contributed by atoms with van der Waals surface area (Å²) in [7, 11) is 0. The Bertz CT molecular complexity index is 586. The first kappa shape index (κ1) is 14.0. The number of aliphatic hydroxyl groups excluding tert-OH is 1. The maximum Gasteiger partial charge on any atom is 0.108 e. The highest BCUT2D eigenvalue weighted by Crippen LogP contribution is 2.18. The van der Waals surface area contributed by atoms with E-state index in [2.05, 4.69) is 35.8 Å². The zero-order valence-corrected chi connectivity index (χ0v) is 12.9. The van der Waals surface area contributed by atoms with Crippen molar-refractivity contribution >= 4 is 27.0 Å². The number of nitrogens with zero attached hydrogens (tertiary/aromatic N) is 3. The van der Waals surface area contributed by atoms with Crippen molar-refractivity contribution < 1.29 is 5.11 Å². The van der Waals surface area contributed by atoms with Crippen molar-refractivity contribution in [1.29, 1.82) is 0 Å². The summed E-state index contributed by atoms with van der Waals surface area (Å²) in [6.07, 6.45) is 7.47. The van der Waals surface area contributed by atoms with Gasteiger partial charge in [-0.3, -0.25) is 0 Å². The van der Waals surface area contributed by atoms with Crippen molar-refractivity contribution in [1.82, 2.24) is 19.9 Å². The highest BCUT2D eigenvalue weighted by atomic mass is 79.9. The van der Waals surface area contributed by atoms with Crippen LogP contribution in [0.2, 0.25) is 0 Å². The van der Waals surface area contributed by atoms with E-state index in [-0.39, 0.29) is 12.1 Å². The standard InChI is InChI=1S/C14H19BrN4O/c15-14-7-12-11(8-17-14)18-9-19(12)6-2-3-10-13(20)4-1-5-16-10/h7-10,13,16,20H,1-6H2/t10?,13-/m0/s1. The number of rotatable bonds is 4. The van der Waals surface area contributed by atoms with Crippen molar-refractivity contribution in [2.75, 3.05) is 6.54 Å². The molecule has 1 aliphatic rings. The van der Waals surface area contributed by atoms with Gasteiger partial charge < -0.3 is 15.0 Å². The predicted octanol–water partition coefficient (Wildman–Crippen LogP) is 2.09. The number of aliphatic hydroxyl groups is 1. The van der Waals surface area contributed by atoms with Gasteiger partial charge in [-0.25, -0.2) is 9.97 Å². The van der Waals surface area contributed by atoms with Crippen LogP contribution in [0.5, 0.6) is 0 Å². The molecule has 3 rings (SSSR count). The molecule has 2 N–H and O–H groups in total. The molecule has 1 aliphatic heterocycles. The van der Waals surface area contributed by atoms with Gasteiger partial charge in [0, 0.05) is 12.6 Å². The maximum absolute atomic E-state index is 9.94. The van der Waals surface area contributed by atoms with E-state index in [9.17, 15) is 5.11 Å². The Hall–Kier alpha value is -0.980. The normalized spacial score (nSPS) is 23.3. The van der Waals surface area contributed by atoms with Crippen LogP contribution in [0.25, 0.3) is 11.0 Å². The third-order valence-electron chi connectivity index (χ3n) is 3.94. The number of hydrogen-bond donors (Lipinski definition) is 2. The van der Waals surface area contributed by atoms with E-state index in [4.69, 9.17) is 0 Å². The van der Waals surface area contributed by atoms with E-state index < -0.39 is 0 Å². The molecular weight excluding hydrogens is 320 g/mol. The third-order valence-corrected chi connectivity index (χ3v) is 4.37. The van der Waals surface area contributed by atoms with E-state index in [0.717, 1.165) is 54.4 Å². The number of aromatic nitrogens is 3. The SMILES string of the molecule is O[C@H]1CCCNC1CCCn1cnc2cnc(Br)cc21. The zero-order chi connectivity index (χ0) is 13.9. The molecule has 6 heteroatoms. The summed E-state index contributed by atoms with van der Waals surface area (Å²) in [5.74, 6) is 0. The number of hydrogen-bond acceptors (Lipinski definition) is 4. The lowest BCUT2D eigenvalue weighted by Gasteiger charge is -2.29. The smallest absolute Gasteiger partial charge is 0.108 e. The molecule has 108 valence electrons. The number of nitrogens with one attached hydrogen (secondary N) is 1. The van der Waals surface area contributed by atoms with E-state index in [1.807, 2.05) is 12.4 Å². The molecule has 2 aromatic rings. The minimum atomic E-state index is -0.193. The van der Waals surface area contributed by atoms with E-state index >= 15 is 0 Å². The quantitative estimate of drug-likeness (QED) is 0.838. The van der Waals surface area contributed by atoms with Crippen molar-refractivity contribution in [3.05, 3.63) is 23.2 Å². The van der Waals surface area contributed by atoms with E-state index in [1.165, 1.54) is 0 Å². The summed E-state index contributed by atoms with van der Waals surface area (Å²) in [6, 6.07) is 2.24. The highest BCUT2D eigenvalue weighted by Gasteiger charge is 2.21. The van der Waals surface area contributed by atoms with Crippen LogP contribution in [0.4, 0.5) is 0 Å². The fraction of sp³-hybridized carbons (Fsp3) is 0.571. The summed E-state index contributed by atoms with van der Waals surface area (Å²) in [6.45, 7) is 1.94. The lowest BCUT2D eigenvalue weighted by atomic mass is 9.97. The topological polar surface area (TPSA) is 63.0 Å². The van der Waals surface area contributed by atoms with Gasteiger partial charge in [0.15, 0.2) is 0 Å². The first-order valence-electron chi connectivity index (χ1n) is 7.12. The molecule has 0 saturated carbocycles. The number of pyridine rings is 1. The lowest BCUT2D eigenvalue weighted by Crippen LogP contribution is -2.44. The molecule has 0 aromatic carbocycles. The molecule has 20 heavy (non-hydrogen) atoms. The van der Waals surface area contributed by atoms with Gasteiger partial charge in [0.1, 0.15) is 10.1 Å². The summed E-state index contributed by atoms with van der Waals surface area (Å²) < 4.78 is 2.98. The van der Waals surface area contributed by atoms with Crippen LogP contribution in [-0.4, -0.2) is 38.3 Å². The Morgan fingerprint density at radius 2 is 2.35 bits per heavy atom. The fourth-order valence-corrected chi connectivity index (χ4v) is 3.15. The number of fused-ring (bicyclic) bond motifs is 1. The van der Waals surface area contributed by atoms with Crippen LogP contribution in [0.15, 0.2) is 23.2 Å². The van der Waals surface area contributed by atoms with Gasteiger partial charge in [0.05, 0.1) is 24.1 Å². The summed E-state index contributed by atoms with van der Waals surface area (Å²) in [5.41, 5.74) is 2.02. The molecule has 0 radical (unpaired) electrons. The van der Waals surface area contributed by atoms with Crippen LogP contribution in [0.3, 0.4) is 0 Å². The van der Waals surface area contributed by atoms with Crippen LogP contribution in [0.1, 0.15) is 25.7 Å².